The normalized spacial score (nSPS) is 19.3. The maximum atomic E-state index is 12.9. The zero-order chi connectivity index (χ0) is 14.3. The van der Waals surface area contributed by atoms with Gasteiger partial charge in [-0.3, -0.25) is 9.80 Å². The molecule has 1 N–H and O–H groups in total. The number of alkyl halides is 4. The van der Waals surface area contributed by atoms with Crippen LogP contribution in [-0.2, 0) is 4.74 Å². The fourth-order valence-electron chi connectivity index (χ4n) is 1.90. The third-order valence-electron chi connectivity index (χ3n) is 3.01. The van der Waals surface area contributed by atoms with E-state index in [-0.39, 0.29) is 13.2 Å². The van der Waals surface area contributed by atoms with Gasteiger partial charge in [0.2, 0.25) is 0 Å². The fourth-order valence-corrected chi connectivity index (χ4v) is 1.90. The van der Waals surface area contributed by atoms with Gasteiger partial charge in [-0.05, 0) is 0 Å². The van der Waals surface area contributed by atoms with Gasteiger partial charge >= 0.3 is 12.3 Å². The Labute approximate surface area is 109 Å². The number of aliphatic hydroxyl groups is 1. The summed E-state index contributed by atoms with van der Waals surface area (Å²) in [7, 11) is 0. The molecule has 0 amide bonds. The highest BCUT2D eigenvalue weighted by Crippen LogP contribution is 2.24. The van der Waals surface area contributed by atoms with Crippen molar-refractivity contribution in [1.29, 1.82) is 0 Å². The smallest absolute Gasteiger partial charge is 0.319 e. The monoisotopic (exact) mass is 288 g/mol. The first kappa shape index (κ1) is 16.6. The van der Waals surface area contributed by atoms with Crippen LogP contribution in [0.15, 0.2) is 0 Å². The molecule has 0 aromatic carbocycles. The first-order valence-corrected chi connectivity index (χ1v) is 6.25. The van der Waals surface area contributed by atoms with Crippen LogP contribution in [0.1, 0.15) is 0 Å². The lowest BCUT2D eigenvalue weighted by Crippen LogP contribution is -2.51. The summed E-state index contributed by atoms with van der Waals surface area (Å²) >= 11 is 0. The molecule has 4 nitrogen and oxygen atoms in total. The molecule has 1 rings (SSSR count). The molecule has 0 atom stereocenters. The first-order chi connectivity index (χ1) is 8.95. The quantitative estimate of drug-likeness (QED) is 0.521. The van der Waals surface area contributed by atoms with Gasteiger partial charge in [0.05, 0.1) is 26.4 Å². The van der Waals surface area contributed by atoms with Crippen molar-refractivity contribution in [1.82, 2.24) is 9.80 Å². The maximum absolute atomic E-state index is 12.9. The van der Waals surface area contributed by atoms with E-state index < -0.39 is 18.9 Å². The van der Waals surface area contributed by atoms with Crippen LogP contribution < -0.4 is 0 Å². The van der Waals surface area contributed by atoms with Gasteiger partial charge in [-0.1, -0.05) is 0 Å². The standard InChI is InChI=1S/C11H20F4N2O2/c12-10(13)11(14,15)9-17-3-1-16(2-4-17)5-7-19-8-6-18/h10,18H,1-9H2. The second-order valence-electron chi connectivity index (χ2n) is 4.52. The van der Waals surface area contributed by atoms with Crippen LogP contribution in [0.25, 0.3) is 0 Å². The van der Waals surface area contributed by atoms with E-state index in [9.17, 15) is 17.6 Å². The summed E-state index contributed by atoms with van der Waals surface area (Å²) in [6, 6.07) is 0. The lowest BCUT2D eigenvalue weighted by molar-refractivity contribution is -0.145. The van der Waals surface area contributed by atoms with Crippen LogP contribution >= 0.6 is 0 Å². The second kappa shape index (κ2) is 7.98. The molecule has 0 bridgehead atoms. The van der Waals surface area contributed by atoms with Crippen molar-refractivity contribution in [3.05, 3.63) is 0 Å². The number of hydrogen-bond donors (Lipinski definition) is 1. The summed E-state index contributed by atoms with van der Waals surface area (Å²) in [4.78, 5) is 3.38. The molecule has 114 valence electrons. The SMILES string of the molecule is OCCOCCN1CCN(CC(F)(F)C(F)F)CC1. The predicted octanol–water partition coefficient (Wildman–Crippen LogP) is 0.513. The molecule has 0 spiro atoms. The summed E-state index contributed by atoms with van der Waals surface area (Å²) in [5.41, 5.74) is 0. The highest BCUT2D eigenvalue weighted by atomic mass is 19.3. The van der Waals surface area contributed by atoms with Crippen molar-refractivity contribution in [3.8, 4) is 0 Å². The molecule has 1 saturated heterocycles. The van der Waals surface area contributed by atoms with Crippen molar-refractivity contribution in [2.24, 2.45) is 0 Å². The van der Waals surface area contributed by atoms with Crippen molar-refractivity contribution in [3.63, 3.8) is 0 Å². The third-order valence-corrected chi connectivity index (χ3v) is 3.01. The Hall–Kier alpha value is -0.440. The van der Waals surface area contributed by atoms with E-state index in [2.05, 4.69) is 0 Å². The minimum absolute atomic E-state index is 0.0313. The molecular formula is C11H20F4N2O2. The number of aliphatic hydroxyl groups excluding tert-OH is 1. The molecule has 0 aromatic rings. The van der Waals surface area contributed by atoms with Crippen LogP contribution in [0.2, 0.25) is 0 Å². The predicted molar refractivity (Wildman–Crippen MR) is 61.7 cm³/mol. The second-order valence-corrected chi connectivity index (χ2v) is 4.52. The van der Waals surface area contributed by atoms with Crippen LogP contribution in [0.5, 0.6) is 0 Å². The zero-order valence-electron chi connectivity index (χ0n) is 10.7. The number of rotatable bonds is 8. The number of halogens is 4. The van der Waals surface area contributed by atoms with Gasteiger partial charge in [-0.25, -0.2) is 8.78 Å². The maximum Gasteiger partial charge on any atom is 0.319 e. The molecule has 8 heteroatoms. The number of piperazine rings is 1. The molecule has 1 heterocycles. The molecule has 1 aliphatic heterocycles. The largest absolute Gasteiger partial charge is 0.394 e. The van der Waals surface area contributed by atoms with E-state index in [0.29, 0.717) is 39.3 Å². The molecule has 1 aliphatic rings. The third kappa shape index (κ3) is 6.03. The van der Waals surface area contributed by atoms with Gasteiger partial charge in [0.15, 0.2) is 0 Å². The molecule has 0 unspecified atom stereocenters. The van der Waals surface area contributed by atoms with E-state index in [0.717, 1.165) is 0 Å². The van der Waals surface area contributed by atoms with Crippen molar-refractivity contribution >= 4 is 0 Å². The van der Waals surface area contributed by atoms with E-state index in [4.69, 9.17) is 9.84 Å². The van der Waals surface area contributed by atoms with Gasteiger partial charge in [0.25, 0.3) is 0 Å². The minimum atomic E-state index is -3.94. The fraction of sp³-hybridized carbons (Fsp3) is 1.00. The van der Waals surface area contributed by atoms with Crippen molar-refractivity contribution in [2.45, 2.75) is 12.3 Å². The molecule has 0 saturated carbocycles. The van der Waals surface area contributed by atoms with Crippen LogP contribution in [0.4, 0.5) is 17.6 Å². The summed E-state index contributed by atoms with van der Waals surface area (Å²) in [6.07, 6.45) is -3.61. The lowest BCUT2D eigenvalue weighted by atomic mass is 10.2. The average molecular weight is 288 g/mol. The van der Waals surface area contributed by atoms with Gasteiger partial charge in [0.1, 0.15) is 0 Å². The Kier molecular flexibility index (Phi) is 6.98. The Morgan fingerprint density at radius 1 is 1.05 bits per heavy atom. The van der Waals surface area contributed by atoms with Gasteiger partial charge < -0.3 is 9.84 Å². The van der Waals surface area contributed by atoms with Crippen LogP contribution in [0, 0.1) is 0 Å². The minimum Gasteiger partial charge on any atom is -0.394 e. The van der Waals surface area contributed by atoms with E-state index in [1.165, 1.54) is 4.90 Å². The average Bonchev–Trinajstić information content (AvgIpc) is 2.36. The Bertz CT molecular complexity index is 249. The van der Waals surface area contributed by atoms with E-state index in [1.807, 2.05) is 4.90 Å². The number of hydrogen-bond acceptors (Lipinski definition) is 4. The molecule has 19 heavy (non-hydrogen) atoms. The summed E-state index contributed by atoms with van der Waals surface area (Å²) in [5.74, 6) is -3.94. The first-order valence-electron chi connectivity index (χ1n) is 6.25. The van der Waals surface area contributed by atoms with E-state index in [1.54, 1.807) is 0 Å². The highest BCUT2D eigenvalue weighted by molar-refractivity contribution is 4.79. The van der Waals surface area contributed by atoms with E-state index >= 15 is 0 Å². The topological polar surface area (TPSA) is 35.9 Å². The molecule has 0 aliphatic carbocycles. The molecule has 0 aromatic heterocycles. The summed E-state index contributed by atoms with van der Waals surface area (Å²) < 4.78 is 55.0. The zero-order valence-corrected chi connectivity index (χ0v) is 10.7. The number of nitrogens with zero attached hydrogens (tertiary/aromatic N) is 2. The lowest BCUT2D eigenvalue weighted by Gasteiger charge is -2.36. The summed E-state index contributed by atoms with van der Waals surface area (Å²) in [5, 5.41) is 8.51. The van der Waals surface area contributed by atoms with Crippen LogP contribution in [0.3, 0.4) is 0 Å². The summed E-state index contributed by atoms with van der Waals surface area (Å²) in [6.45, 7) is 2.29. The van der Waals surface area contributed by atoms with Gasteiger partial charge in [-0.15, -0.1) is 0 Å². The Morgan fingerprint density at radius 2 is 1.63 bits per heavy atom. The molecule has 0 radical (unpaired) electrons. The number of ether oxygens (including phenoxy) is 1. The van der Waals surface area contributed by atoms with Gasteiger partial charge in [-0.2, -0.15) is 8.78 Å². The van der Waals surface area contributed by atoms with Crippen molar-refractivity contribution in [2.75, 3.05) is 59.1 Å². The molecule has 1 fully saturated rings. The van der Waals surface area contributed by atoms with Gasteiger partial charge in [0, 0.05) is 32.7 Å². The highest BCUT2D eigenvalue weighted by Gasteiger charge is 2.42. The Morgan fingerprint density at radius 3 is 2.16 bits per heavy atom. The molecular weight excluding hydrogens is 268 g/mol. The Balaban J connectivity index is 2.18. The van der Waals surface area contributed by atoms with Crippen molar-refractivity contribution < 1.29 is 27.4 Å². The van der Waals surface area contributed by atoms with Crippen LogP contribution in [-0.4, -0.2) is 86.3 Å².